The van der Waals surface area contributed by atoms with Crippen molar-refractivity contribution in [2.75, 3.05) is 13.2 Å². The predicted octanol–water partition coefficient (Wildman–Crippen LogP) is 1.38. The van der Waals surface area contributed by atoms with Crippen LogP contribution in [0.25, 0.3) is 0 Å². The minimum atomic E-state index is -4.61. The van der Waals surface area contributed by atoms with Crippen molar-refractivity contribution in [3.63, 3.8) is 0 Å². The van der Waals surface area contributed by atoms with E-state index in [4.69, 9.17) is 9.84 Å². The Hall–Kier alpha value is -1.12. The van der Waals surface area contributed by atoms with E-state index in [0.717, 1.165) is 17.0 Å². The number of aromatic nitrogens is 2. The lowest BCUT2D eigenvalue weighted by Crippen LogP contribution is -2.43. The van der Waals surface area contributed by atoms with Crippen molar-refractivity contribution in [1.29, 1.82) is 0 Å². The van der Waals surface area contributed by atoms with Gasteiger partial charge in [0.25, 0.3) is 0 Å². The highest BCUT2D eigenvalue weighted by Gasteiger charge is 2.40. The molecule has 1 aliphatic rings. The zero-order valence-corrected chi connectivity index (χ0v) is 12.2. The predicted molar refractivity (Wildman–Crippen MR) is 69.8 cm³/mol. The Kier molecular flexibility index (Phi) is 4.60. The summed E-state index contributed by atoms with van der Waals surface area (Å²) < 4.78 is 44.4. The minimum absolute atomic E-state index is 0.261. The fraction of sp³-hybridized carbons (Fsp3) is 0.769. The van der Waals surface area contributed by atoms with E-state index in [1.54, 1.807) is 4.68 Å². The van der Waals surface area contributed by atoms with E-state index >= 15 is 0 Å². The molecule has 120 valence electrons. The first kappa shape index (κ1) is 16.3. The van der Waals surface area contributed by atoms with Crippen LogP contribution in [0.5, 0.6) is 0 Å². The summed E-state index contributed by atoms with van der Waals surface area (Å²) in [5.74, 6) is 0. The fourth-order valence-electron chi connectivity index (χ4n) is 2.66. The van der Waals surface area contributed by atoms with Gasteiger partial charge in [-0.3, -0.25) is 4.68 Å². The van der Waals surface area contributed by atoms with Gasteiger partial charge < -0.3 is 15.2 Å². The van der Waals surface area contributed by atoms with Crippen LogP contribution in [-0.2, 0) is 11.8 Å². The second-order valence-corrected chi connectivity index (χ2v) is 5.36. The first-order chi connectivity index (χ1) is 9.71. The Bertz CT molecular complexity index is 502. The number of halogens is 3. The monoisotopic (exact) mass is 307 g/mol. The number of nitrogens with one attached hydrogen (secondary N) is 1. The van der Waals surface area contributed by atoms with Crippen molar-refractivity contribution in [3.8, 4) is 0 Å². The van der Waals surface area contributed by atoms with E-state index in [1.807, 2.05) is 20.9 Å². The summed E-state index contributed by atoms with van der Waals surface area (Å²) in [6, 6.07) is -0.261. The molecule has 0 unspecified atom stereocenters. The van der Waals surface area contributed by atoms with Crippen molar-refractivity contribution >= 4 is 0 Å². The van der Waals surface area contributed by atoms with E-state index < -0.39 is 18.8 Å². The maximum atomic E-state index is 12.3. The van der Waals surface area contributed by atoms with Crippen molar-refractivity contribution in [3.05, 3.63) is 17.0 Å². The number of rotatable bonds is 4. The van der Waals surface area contributed by atoms with Crippen LogP contribution in [0.3, 0.4) is 0 Å². The molecule has 1 aromatic rings. The number of hydrogen-bond acceptors (Lipinski definition) is 4. The van der Waals surface area contributed by atoms with Gasteiger partial charge in [-0.25, -0.2) is 0 Å². The first-order valence-electron chi connectivity index (χ1n) is 6.81. The van der Waals surface area contributed by atoms with Crippen LogP contribution < -0.4 is 5.32 Å². The van der Waals surface area contributed by atoms with Gasteiger partial charge in [0, 0.05) is 37.5 Å². The van der Waals surface area contributed by atoms with Crippen LogP contribution in [0.15, 0.2) is 0 Å². The molecule has 0 saturated carbocycles. The number of hydrogen-bond donors (Lipinski definition) is 2. The highest BCUT2D eigenvalue weighted by Crippen LogP contribution is 2.33. The Morgan fingerprint density at radius 3 is 2.67 bits per heavy atom. The third-order valence-corrected chi connectivity index (χ3v) is 3.89. The summed E-state index contributed by atoms with van der Waals surface area (Å²) in [6.45, 7) is 3.69. The maximum Gasteiger partial charge on any atom is 0.415 e. The Morgan fingerprint density at radius 1 is 1.48 bits per heavy atom. The van der Waals surface area contributed by atoms with Gasteiger partial charge in [-0.15, -0.1) is 0 Å². The summed E-state index contributed by atoms with van der Waals surface area (Å²) in [5, 5.41) is 16.1. The van der Waals surface area contributed by atoms with Gasteiger partial charge in [-0.2, -0.15) is 18.3 Å². The van der Waals surface area contributed by atoms with Crippen LogP contribution in [0.1, 0.15) is 29.5 Å². The largest absolute Gasteiger partial charge is 0.415 e. The zero-order chi connectivity index (χ0) is 15.8. The quantitative estimate of drug-likeness (QED) is 0.882. The molecule has 0 aliphatic carbocycles. The number of ether oxygens (including phenoxy) is 1. The molecule has 0 bridgehead atoms. The summed E-state index contributed by atoms with van der Waals surface area (Å²) in [4.78, 5) is 0. The average molecular weight is 307 g/mol. The van der Waals surface area contributed by atoms with Crippen LogP contribution >= 0.6 is 0 Å². The minimum Gasteiger partial charge on any atom is -0.382 e. The van der Waals surface area contributed by atoms with Crippen LogP contribution in [-0.4, -0.2) is 46.4 Å². The lowest BCUT2D eigenvalue weighted by Gasteiger charge is -2.23. The first-order valence-corrected chi connectivity index (χ1v) is 6.81. The zero-order valence-electron chi connectivity index (χ0n) is 12.2. The highest BCUT2D eigenvalue weighted by atomic mass is 19.4. The van der Waals surface area contributed by atoms with Crippen molar-refractivity contribution in [2.45, 2.75) is 44.7 Å². The Labute approximate surface area is 121 Å². The number of nitrogens with zero attached hydrogens (tertiary/aromatic N) is 2. The fourth-order valence-corrected chi connectivity index (χ4v) is 2.66. The second-order valence-electron chi connectivity index (χ2n) is 5.36. The van der Waals surface area contributed by atoms with Crippen LogP contribution in [0.2, 0.25) is 0 Å². The summed E-state index contributed by atoms with van der Waals surface area (Å²) in [6.07, 6.45) is -6.71. The van der Waals surface area contributed by atoms with Gasteiger partial charge >= 0.3 is 6.18 Å². The van der Waals surface area contributed by atoms with Crippen molar-refractivity contribution in [2.24, 2.45) is 7.05 Å². The molecule has 1 saturated heterocycles. The number of aryl methyl sites for hydroxylation is 2. The molecule has 2 rings (SSSR count). The number of aliphatic hydroxyl groups excluding tert-OH is 1. The normalized spacial score (nSPS) is 24.5. The van der Waals surface area contributed by atoms with E-state index in [2.05, 4.69) is 10.4 Å². The maximum absolute atomic E-state index is 12.3. The smallest absolute Gasteiger partial charge is 0.382 e. The number of aliphatic hydroxyl groups is 1. The molecule has 3 atom stereocenters. The third-order valence-electron chi connectivity index (χ3n) is 3.89. The van der Waals surface area contributed by atoms with Gasteiger partial charge in [0.1, 0.15) is 6.10 Å². The van der Waals surface area contributed by atoms with Crippen molar-refractivity contribution in [1.82, 2.24) is 15.1 Å². The average Bonchev–Trinajstić information content (AvgIpc) is 2.91. The third kappa shape index (κ3) is 3.38. The Balaban J connectivity index is 2.07. The summed E-state index contributed by atoms with van der Waals surface area (Å²) >= 11 is 0. The van der Waals surface area contributed by atoms with Crippen LogP contribution in [0.4, 0.5) is 13.2 Å². The second kappa shape index (κ2) is 5.94. The molecule has 0 amide bonds. The molecular weight excluding hydrogens is 287 g/mol. The molecule has 0 aromatic carbocycles. The van der Waals surface area contributed by atoms with Crippen LogP contribution in [0, 0.1) is 13.8 Å². The molecule has 2 heterocycles. The van der Waals surface area contributed by atoms with E-state index in [1.165, 1.54) is 0 Å². The molecule has 5 nitrogen and oxygen atoms in total. The topological polar surface area (TPSA) is 59.3 Å². The molecule has 1 fully saturated rings. The van der Waals surface area contributed by atoms with Gasteiger partial charge in [0.2, 0.25) is 0 Å². The lowest BCUT2D eigenvalue weighted by molar-refractivity contribution is -0.202. The molecule has 1 aromatic heterocycles. The van der Waals surface area contributed by atoms with Crippen molar-refractivity contribution < 1.29 is 23.0 Å². The van der Waals surface area contributed by atoms with E-state index in [0.29, 0.717) is 13.0 Å². The van der Waals surface area contributed by atoms with Gasteiger partial charge in [0.05, 0.1) is 5.69 Å². The molecule has 0 radical (unpaired) electrons. The lowest BCUT2D eigenvalue weighted by atomic mass is 10.00. The number of alkyl halides is 3. The molecule has 21 heavy (non-hydrogen) atoms. The SMILES string of the molecule is Cc1nn(C)c(C)c1[C@H]1OCC[C@@H]1NC[C@H](O)C(F)(F)F. The van der Waals surface area contributed by atoms with E-state index in [9.17, 15) is 13.2 Å². The molecule has 1 aliphatic heterocycles. The van der Waals surface area contributed by atoms with Gasteiger partial charge in [0.15, 0.2) is 6.10 Å². The molecule has 8 heteroatoms. The standard InChI is InChI=1S/C13H20F3N3O2/c1-7-11(8(2)19(3)18-7)12-9(4-5-21-12)17-6-10(20)13(14,15)16/h9-10,12,17,20H,4-6H2,1-3H3/t9-,10-,12-/m0/s1. The molecule has 0 spiro atoms. The highest BCUT2D eigenvalue weighted by molar-refractivity contribution is 5.29. The Morgan fingerprint density at radius 2 is 2.14 bits per heavy atom. The van der Waals surface area contributed by atoms with Gasteiger partial charge in [-0.1, -0.05) is 0 Å². The summed E-state index contributed by atoms with van der Waals surface area (Å²) in [5.41, 5.74) is 2.65. The molecular formula is C13H20F3N3O2. The molecule has 2 N–H and O–H groups in total. The van der Waals surface area contributed by atoms with E-state index in [-0.39, 0.29) is 12.1 Å². The summed E-state index contributed by atoms with van der Waals surface area (Å²) in [7, 11) is 1.82. The van der Waals surface area contributed by atoms with Gasteiger partial charge in [-0.05, 0) is 20.3 Å².